The van der Waals surface area contributed by atoms with Crippen molar-refractivity contribution >= 4 is 5.91 Å². The number of hydrogen-bond donors (Lipinski definition) is 0. The minimum absolute atomic E-state index is 0.0433. The molecule has 0 spiro atoms. The first kappa shape index (κ1) is 24.0. The number of amides is 1. The van der Waals surface area contributed by atoms with E-state index in [1.54, 1.807) is 16.9 Å². The van der Waals surface area contributed by atoms with Gasteiger partial charge in [0.2, 0.25) is 5.89 Å². The van der Waals surface area contributed by atoms with Gasteiger partial charge in [0.05, 0.1) is 12.7 Å². The molecular formula is C26H35N5O3. The van der Waals surface area contributed by atoms with E-state index in [1.807, 2.05) is 30.2 Å². The van der Waals surface area contributed by atoms with Crippen LogP contribution in [0.5, 0.6) is 5.75 Å². The second-order valence-electron chi connectivity index (χ2n) is 10.1. The molecule has 3 aromatic rings. The quantitative estimate of drug-likeness (QED) is 0.544. The van der Waals surface area contributed by atoms with E-state index >= 15 is 0 Å². The fraction of sp³-hybridized carbons (Fsp3) is 0.500. The first-order valence-corrected chi connectivity index (χ1v) is 11.9. The molecule has 0 aliphatic carbocycles. The van der Waals surface area contributed by atoms with Gasteiger partial charge < -0.3 is 14.1 Å². The van der Waals surface area contributed by atoms with Crippen LogP contribution < -0.4 is 4.74 Å². The van der Waals surface area contributed by atoms with Crippen molar-refractivity contribution in [1.29, 1.82) is 0 Å². The maximum atomic E-state index is 13.1. The Hall–Kier alpha value is -3.13. The lowest BCUT2D eigenvalue weighted by Gasteiger charge is -2.20. The predicted octanol–water partition coefficient (Wildman–Crippen LogP) is 4.17. The van der Waals surface area contributed by atoms with Crippen LogP contribution in [0.1, 0.15) is 60.5 Å². The van der Waals surface area contributed by atoms with Crippen molar-refractivity contribution in [3.8, 4) is 5.75 Å². The van der Waals surface area contributed by atoms with Crippen LogP contribution in [0.25, 0.3) is 0 Å². The topological polar surface area (TPSA) is 76.6 Å². The maximum absolute atomic E-state index is 13.1. The minimum atomic E-state index is -0.0549. The van der Waals surface area contributed by atoms with Crippen molar-refractivity contribution in [1.82, 2.24) is 24.6 Å². The van der Waals surface area contributed by atoms with Gasteiger partial charge in [0.15, 0.2) is 12.4 Å². The van der Waals surface area contributed by atoms with Crippen LogP contribution in [0.2, 0.25) is 0 Å². The normalized spacial score (nSPS) is 15.4. The van der Waals surface area contributed by atoms with Crippen LogP contribution in [0.15, 0.2) is 41.1 Å². The number of rotatable bonds is 6. The van der Waals surface area contributed by atoms with Crippen molar-refractivity contribution in [3.05, 3.63) is 65.1 Å². The summed E-state index contributed by atoms with van der Waals surface area (Å²) in [6.07, 6.45) is 4.51. The van der Waals surface area contributed by atoms with Crippen molar-refractivity contribution < 1.29 is 13.9 Å². The second kappa shape index (κ2) is 10.0. The lowest BCUT2D eigenvalue weighted by Crippen LogP contribution is -2.35. The van der Waals surface area contributed by atoms with E-state index in [-0.39, 0.29) is 18.1 Å². The van der Waals surface area contributed by atoms with Crippen LogP contribution in [-0.4, -0.2) is 56.7 Å². The van der Waals surface area contributed by atoms with Crippen LogP contribution in [0, 0.1) is 13.8 Å². The van der Waals surface area contributed by atoms with Gasteiger partial charge in [0.25, 0.3) is 5.91 Å². The van der Waals surface area contributed by atoms with Gasteiger partial charge in [-0.15, -0.1) is 0 Å². The molecule has 0 saturated carbocycles. The Kier molecular flexibility index (Phi) is 7.07. The Bertz CT molecular complexity index is 1130. The zero-order chi connectivity index (χ0) is 24.3. The van der Waals surface area contributed by atoms with Crippen LogP contribution in [-0.2, 0) is 18.7 Å². The molecule has 1 aliphatic rings. The zero-order valence-electron chi connectivity index (χ0n) is 20.9. The van der Waals surface area contributed by atoms with Crippen molar-refractivity contribution in [3.63, 3.8) is 0 Å². The highest BCUT2D eigenvalue weighted by atomic mass is 16.5. The number of carbonyl (C=O) groups is 1. The van der Waals surface area contributed by atoms with Gasteiger partial charge in [-0.3, -0.25) is 9.69 Å². The van der Waals surface area contributed by atoms with Crippen LogP contribution >= 0.6 is 0 Å². The smallest absolute Gasteiger partial charge is 0.274 e. The number of nitrogens with zero attached hydrogens (tertiary/aromatic N) is 5. The van der Waals surface area contributed by atoms with Crippen LogP contribution in [0.3, 0.4) is 0 Å². The number of carbonyl (C=O) groups excluding carboxylic acids is 1. The van der Waals surface area contributed by atoms with Gasteiger partial charge >= 0.3 is 0 Å². The van der Waals surface area contributed by atoms with Crippen molar-refractivity contribution in [2.75, 3.05) is 26.2 Å². The van der Waals surface area contributed by atoms with E-state index in [9.17, 15) is 4.79 Å². The number of benzene rings is 1. The van der Waals surface area contributed by atoms with E-state index in [0.717, 1.165) is 42.5 Å². The Morgan fingerprint density at radius 3 is 2.68 bits per heavy atom. The molecule has 34 heavy (non-hydrogen) atoms. The molecule has 8 heteroatoms. The Morgan fingerprint density at radius 1 is 1.12 bits per heavy atom. The molecule has 1 aromatic carbocycles. The number of aromatic nitrogens is 3. The van der Waals surface area contributed by atoms with Gasteiger partial charge in [-0.1, -0.05) is 38.5 Å². The summed E-state index contributed by atoms with van der Waals surface area (Å²) in [5.74, 6) is 2.40. The predicted molar refractivity (Wildman–Crippen MR) is 130 cm³/mol. The maximum Gasteiger partial charge on any atom is 0.274 e. The summed E-state index contributed by atoms with van der Waals surface area (Å²) in [6, 6.07) is 7.83. The molecule has 1 aliphatic heterocycles. The van der Waals surface area contributed by atoms with Gasteiger partial charge in [0, 0.05) is 37.8 Å². The van der Waals surface area contributed by atoms with Gasteiger partial charge in [-0.2, -0.15) is 5.10 Å². The van der Waals surface area contributed by atoms with Gasteiger partial charge in [-0.05, 0) is 38.0 Å². The number of oxazole rings is 1. The number of aryl methyl sites for hydroxylation is 2. The first-order chi connectivity index (χ1) is 16.2. The molecule has 1 fully saturated rings. The third kappa shape index (κ3) is 5.86. The molecule has 8 nitrogen and oxygen atoms in total. The zero-order valence-corrected chi connectivity index (χ0v) is 20.9. The van der Waals surface area contributed by atoms with Crippen LogP contribution in [0.4, 0.5) is 0 Å². The summed E-state index contributed by atoms with van der Waals surface area (Å²) in [5.41, 5.74) is 2.67. The first-order valence-electron chi connectivity index (χ1n) is 11.9. The largest absolute Gasteiger partial charge is 0.471 e. The Balaban J connectivity index is 1.30. The monoisotopic (exact) mass is 465 g/mol. The average Bonchev–Trinajstić information content (AvgIpc) is 3.38. The molecule has 0 bridgehead atoms. The lowest BCUT2D eigenvalue weighted by molar-refractivity contribution is 0.0752. The molecule has 1 saturated heterocycles. The highest BCUT2D eigenvalue weighted by Crippen LogP contribution is 2.23. The third-order valence-corrected chi connectivity index (χ3v) is 6.07. The van der Waals surface area contributed by atoms with E-state index in [2.05, 4.69) is 48.7 Å². The fourth-order valence-corrected chi connectivity index (χ4v) is 4.06. The number of hydrogen-bond acceptors (Lipinski definition) is 6. The minimum Gasteiger partial charge on any atom is -0.471 e. The summed E-state index contributed by atoms with van der Waals surface area (Å²) in [6.45, 7) is 14.4. The average molecular weight is 466 g/mol. The highest BCUT2D eigenvalue weighted by molar-refractivity contribution is 5.92. The summed E-state index contributed by atoms with van der Waals surface area (Å²) >= 11 is 0. The fourth-order valence-electron chi connectivity index (χ4n) is 4.06. The molecule has 0 unspecified atom stereocenters. The lowest BCUT2D eigenvalue weighted by atomic mass is 9.94. The van der Waals surface area contributed by atoms with E-state index < -0.39 is 0 Å². The van der Waals surface area contributed by atoms with E-state index in [0.29, 0.717) is 25.3 Å². The highest BCUT2D eigenvalue weighted by Gasteiger charge is 2.24. The third-order valence-electron chi connectivity index (χ3n) is 6.07. The number of ether oxygens (including phenoxy) is 1. The van der Waals surface area contributed by atoms with E-state index in [1.165, 1.54) is 5.56 Å². The molecule has 0 N–H and O–H groups in total. The molecule has 2 aromatic heterocycles. The molecule has 182 valence electrons. The molecule has 0 radical (unpaired) electrons. The SMILES string of the molecule is Cc1ccc(OCn2ccc(C(=O)N3CCCN(Cc4ncc(C(C)(C)C)o4)CC3)n2)c(C)c1. The summed E-state index contributed by atoms with van der Waals surface area (Å²) < 4.78 is 13.5. The second-order valence-corrected chi connectivity index (χ2v) is 10.1. The summed E-state index contributed by atoms with van der Waals surface area (Å²) in [5, 5.41) is 4.45. The van der Waals surface area contributed by atoms with Crippen molar-refractivity contribution in [2.45, 2.75) is 59.7 Å². The molecule has 4 rings (SSSR count). The Morgan fingerprint density at radius 2 is 1.94 bits per heavy atom. The van der Waals surface area contributed by atoms with Gasteiger partial charge in [-0.25, -0.2) is 9.67 Å². The molecule has 1 amide bonds. The standard InChI is InChI=1S/C26H35N5O3/c1-19-7-8-22(20(2)15-19)33-18-31-12-9-21(28-31)25(32)30-11-6-10-29(13-14-30)17-24-27-16-23(34-24)26(3,4)5/h7-9,12,15-16H,6,10-11,13-14,17-18H2,1-5H3. The molecule has 3 heterocycles. The van der Waals surface area contributed by atoms with E-state index in [4.69, 9.17) is 9.15 Å². The Labute approximate surface area is 201 Å². The summed E-state index contributed by atoms with van der Waals surface area (Å²) in [4.78, 5) is 21.7. The van der Waals surface area contributed by atoms with Crippen molar-refractivity contribution in [2.24, 2.45) is 0 Å². The van der Waals surface area contributed by atoms with Gasteiger partial charge in [0.1, 0.15) is 11.5 Å². The summed E-state index contributed by atoms with van der Waals surface area (Å²) in [7, 11) is 0. The molecular weight excluding hydrogens is 430 g/mol. The molecule has 0 atom stereocenters.